The molecule has 0 fully saturated rings. The van der Waals surface area contributed by atoms with Crippen LogP contribution in [0.15, 0.2) is 83.8 Å². The highest BCUT2D eigenvalue weighted by Crippen LogP contribution is 2.29. The number of nitrogens with one attached hydrogen (secondary N) is 1. The molecule has 6 heteroatoms. The number of sulfonamides is 1. The fraction of sp³-hybridized carbons (Fsp3) is 0.0952. The Morgan fingerprint density at radius 3 is 2.44 bits per heavy atom. The monoisotopic (exact) mass is 378 g/mol. The third kappa shape index (κ3) is 3.44. The molecule has 27 heavy (non-hydrogen) atoms. The maximum atomic E-state index is 12.9. The van der Waals surface area contributed by atoms with Crippen LogP contribution in [0.2, 0.25) is 0 Å². The maximum Gasteiger partial charge on any atom is 0.261 e. The van der Waals surface area contributed by atoms with Gasteiger partial charge in [0.25, 0.3) is 15.9 Å². The summed E-state index contributed by atoms with van der Waals surface area (Å²) < 4.78 is 27.5. The van der Waals surface area contributed by atoms with Gasteiger partial charge in [-0.15, -0.1) is 0 Å². The van der Waals surface area contributed by atoms with Crippen LogP contribution in [0.5, 0.6) is 0 Å². The number of anilines is 2. The second-order valence-electron chi connectivity index (χ2n) is 6.33. The summed E-state index contributed by atoms with van der Waals surface area (Å²) in [5.41, 5.74) is 2.86. The molecule has 136 valence electrons. The number of carbonyl (C=O) groups is 1. The highest BCUT2D eigenvalue weighted by Gasteiger charge is 2.25. The number of amides is 1. The van der Waals surface area contributed by atoms with Crippen LogP contribution in [0, 0.1) is 0 Å². The lowest BCUT2D eigenvalue weighted by Gasteiger charge is -2.18. The van der Waals surface area contributed by atoms with Gasteiger partial charge in [-0.2, -0.15) is 0 Å². The summed E-state index contributed by atoms with van der Waals surface area (Å²) in [6.07, 6.45) is 0.822. The summed E-state index contributed by atoms with van der Waals surface area (Å²) >= 11 is 0. The van der Waals surface area contributed by atoms with E-state index in [1.807, 2.05) is 24.3 Å². The summed E-state index contributed by atoms with van der Waals surface area (Å²) in [6.45, 7) is 0.623. The van der Waals surface area contributed by atoms with Gasteiger partial charge in [0.15, 0.2) is 0 Å². The van der Waals surface area contributed by atoms with Crippen molar-refractivity contribution in [1.82, 2.24) is 0 Å². The molecule has 3 aromatic rings. The van der Waals surface area contributed by atoms with Gasteiger partial charge in [-0.3, -0.25) is 9.52 Å². The van der Waals surface area contributed by atoms with Crippen molar-refractivity contribution in [3.8, 4) is 0 Å². The van der Waals surface area contributed by atoms with Gasteiger partial charge in [0.1, 0.15) is 0 Å². The van der Waals surface area contributed by atoms with E-state index in [2.05, 4.69) is 4.72 Å². The van der Waals surface area contributed by atoms with Gasteiger partial charge in [0, 0.05) is 23.5 Å². The van der Waals surface area contributed by atoms with Gasteiger partial charge in [-0.25, -0.2) is 8.42 Å². The first-order valence-electron chi connectivity index (χ1n) is 8.62. The fourth-order valence-corrected chi connectivity index (χ4v) is 4.31. The zero-order valence-corrected chi connectivity index (χ0v) is 15.3. The zero-order chi connectivity index (χ0) is 18.9. The molecule has 5 nitrogen and oxygen atoms in total. The highest BCUT2D eigenvalue weighted by atomic mass is 32.2. The lowest BCUT2D eigenvalue weighted by molar-refractivity contribution is 0.0989. The van der Waals surface area contributed by atoms with Gasteiger partial charge >= 0.3 is 0 Å². The van der Waals surface area contributed by atoms with Gasteiger partial charge in [0.05, 0.1) is 4.90 Å². The van der Waals surface area contributed by atoms with Crippen molar-refractivity contribution >= 4 is 27.3 Å². The van der Waals surface area contributed by atoms with Crippen LogP contribution in [0.1, 0.15) is 15.9 Å². The molecule has 1 heterocycles. The van der Waals surface area contributed by atoms with Crippen LogP contribution in [0.3, 0.4) is 0 Å². The Hall–Kier alpha value is -3.12. The summed E-state index contributed by atoms with van der Waals surface area (Å²) in [4.78, 5) is 14.9. The smallest absolute Gasteiger partial charge is 0.261 e. The molecule has 0 saturated heterocycles. The van der Waals surface area contributed by atoms with Crippen molar-refractivity contribution in [2.45, 2.75) is 11.3 Å². The second kappa shape index (κ2) is 6.89. The Balaban J connectivity index is 1.59. The van der Waals surface area contributed by atoms with Gasteiger partial charge in [-0.1, -0.05) is 42.5 Å². The average molecular weight is 378 g/mol. The standard InChI is InChI=1S/C21H18N2O3S/c24-21(23-14-13-16-7-4-5-12-20(16)23)17-8-6-9-18(15-17)22-27(25,26)19-10-2-1-3-11-19/h1-12,15,22H,13-14H2. The first-order chi connectivity index (χ1) is 13.0. The van der Waals surface area contributed by atoms with E-state index in [9.17, 15) is 13.2 Å². The van der Waals surface area contributed by atoms with E-state index < -0.39 is 10.0 Å². The predicted molar refractivity (Wildman–Crippen MR) is 106 cm³/mol. The van der Waals surface area contributed by atoms with Crippen LogP contribution in [-0.2, 0) is 16.4 Å². The van der Waals surface area contributed by atoms with E-state index >= 15 is 0 Å². The van der Waals surface area contributed by atoms with E-state index in [1.165, 1.54) is 12.1 Å². The number of fused-ring (bicyclic) bond motifs is 1. The van der Waals surface area contributed by atoms with E-state index in [-0.39, 0.29) is 10.8 Å². The third-order valence-electron chi connectivity index (χ3n) is 4.55. The number of hydrogen-bond donors (Lipinski definition) is 1. The Morgan fingerprint density at radius 1 is 0.889 bits per heavy atom. The molecule has 1 amide bonds. The second-order valence-corrected chi connectivity index (χ2v) is 8.02. The number of benzene rings is 3. The number of para-hydroxylation sites is 1. The average Bonchev–Trinajstić information content (AvgIpc) is 3.12. The third-order valence-corrected chi connectivity index (χ3v) is 5.94. The zero-order valence-electron chi connectivity index (χ0n) is 14.5. The predicted octanol–water partition coefficient (Wildman–Crippen LogP) is 3.69. The molecule has 0 radical (unpaired) electrons. The first kappa shape index (κ1) is 17.3. The van der Waals surface area contributed by atoms with Gasteiger partial charge in [-0.05, 0) is 48.4 Å². The molecular formula is C21H18N2O3S. The quantitative estimate of drug-likeness (QED) is 0.753. The number of carbonyl (C=O) groups excluding carboxylic acids is 1. The van der Waals surface area contributed by atoms with Crippen LogP contribution < -0.4 is 9.62 Å². The van der Waals surface area contributed by atoms with Crippen LogP contribution >= 0.6 is 0 Å². The fourth-order valence-electron chi connectivity index (χ4n) is 3.23. The molecular weight excluding hydrogens is 360 g/mol. The SMILES string of the molecule is O=C(c1cccc(NS(=O)(=O)c2ccccc2)c1)N1CCc2ccccc21. The molecule has 4 rings (SSSR count). The lowest BCUT2D eigenvalue weighted by Crippen LogP contribution is -2.28. The molecule has 0 aliphatic carbocycles. The molecule has 1 aliphatic rings. The minimum absolute atomic E-state index is 0.138. The minimum Gasteiger partial charge on any atom is -0.308 e. The Morgan fingerprint density at radius 2 is 1.63 bits per heavy atom. The van der Waals surface area contributed by atoms with Crippen molar-refractivity contribution in [2.24, 2.45) is 0 Å². The van der Waals surface area contributed by atoms with Crippen LogP contribution in [0.25, 0.3) is 0 Å². The van der Waals surface area contributed by atoms with E-state index in [0.717, 1.165) is 17.7 Å². The number of nitrogens with zero attached hydrogens (tertiary/aromatic N) is 1. The molecule has 0 bridgehead atoms. The Kier molecular flexibility index (Phi) is 4.41. The highest BCUT2D eigenvalue weighted by molar-refractivity contribution is 7.92. The molecule has 1 aliphatic heterocycles. The number of hydrogen-bond acceptors (Lipinski definition) is 3. The Bertz CT molecular complexity index is 1100. The summed E-state index contributed by atoms with van der Waals surface area (Å²) in [7, 11) is -3.70. The maximum absolute atomic E-state index is 12.9. The normalized spacial score (nSPS) is 13.3. The minimum atomic E-state index is -3.70. The molecule has 0 saturated carbocycles. The van der Waals surface area contributed by atoms with Crippen molar-refractivity contribution in [1.29, 1.82) is 0 Å². The molecule has 0 unspecified atom stereocenters. The van der Waals surface area contributed by atoms with Crippen molar-refractivity contribution in [3.05, 3.63) is 90.0 Å². The summed E-state index contributed by atoms with van der Waals surface area (Å²) in [5, 5.41) is 0. The van der Waals surface area contributed by atoms with Crippen LogP contribution in [-0.4, -0.2) is 20.9 Å². The molecule has 0 spiro atoms. The van der Waals surface area contributed by atoms with Gasteiger partial charge in [0.2, 0.25) is 0 Å². The van der Waals surface area contributed by atoms with E-state index in [1.54, 1.807) is 47.4 Å². The molecule has 1 N–H and O–H groups in total. The Labute approximate surface area is 158 Å². The lowest BCUT2D eigenvalue weighted by atomic mass is 10.1. The largest absolute Gasteiger partial charge is 0.308 e. The molecule has 0 aromatic heterocycles. The van der Waals surface area contributed by atoms with Crippen molar-refractivity contribution in [3.63, 3.8) is 0 Å². The topological polar surface area (TPSA) is 66.5 Å². The van der Waals surface area contributed by atoms with E-state index in [0.29, 0.717) is 17.8 Å². The first-order valence-corrected chi connectivity index (χ1v) is 10.1. The van der Waals surface area contributed by atoms with Gasteiger partial charge < -0.3 is 4.90 Å². The van der Waals surface area contributed by atoms with Crippen LogP contribution in [0.4, 0.5) is 11.4 Å². The number of rotatable bonds is 4. The van der Waals surface area contributed by atoms with Crippen molar-refractivity contribution in [2.75, 3.05) is 16.2 Å². The molecule has 3 aromatic carbocycles. The summed E-state index contributed by atoms with van der Waals surface area (Å²) in [6, 6.07) is 22.6. The van der Waals surface area contributed by atoms with Crippen molar-refractivity contribution < 1.29 is 13.2 Å². The summed E-state index contributed by atoms with van der Waals surface area (Å²) in [5.74, 6) is -0.138. The molecule has 0 atom stereocenters. The van der Waals surface area contributed by atoms with E-state index in [4.69, 9.17) is 0 Å².